The number of nitrogens with zero attached hydrogens (tertiary/aromatic N) is 3. The Morgan fingerprint density at radius 1 is 1.16 bits per heavy atom. The summed E-state index contributed by atoms with van der Waals surface area (Å²) >= 11 is 0. The van der Waals surface area contributed by atoms with E-state index in [1.165, 1.54) is 19.2 Å². The highest BCUT2D eigenvalue weighted by Crippen LogP contribution is 2.27. The zero-order chi connectivity index (χ0) is 22.6. The summed E-state index contributed by atoms with van der Waals surface area (Å²) in [5, 5.41) is 14.9. The Balaban J connectivity index is 2.00. The van der Waals surface area contributed by atoms with Gasteiger partial charge in [0.1, 0.15) is 0 Å². The van der Waals surface area contributed by atoms with Crippen LogP contribution in [0.4, 0.5) is 11.4 Å². The quantitative estimate of drug-likeness (QED) is 0.310. The van der Waals surface area contributed by atoms with Crippen molar-refractivity contribution in [3.8, 4) is 11.5 Å². The van der Waals surface area contributed by atoms with Crippen LogP contribution in [0.1, 0.15) is 32.3 Å². The van der Waals surface area contributed by atoms with Gasteiger partial charge in [-0.15, -0.1) is 0 Å². The second-order valence-corrected chi connectivity index (χ2v) is 6.76. The molecule has 0 spiro atoms. The smallest absolute Gasteiger partial charge is 0.271 e. The minimum Gasteiger partial charge on any atom is -0.493 e. The van der Waals surface area contributed by atoms with Crippen LogP contribution in [0.5, 0.6) is 11.5 Å². The molecule has 0 aromatic heterocycles. The summed E-state index contributed by atoms with van der Waals surface area (Å²) in [5.74, 6) is 0.884. The van der Waals surface area contributed by atoms with Gasteiger partial charge in [-0.1, -0.05) is 19.9 Å². The normalized spacial score (nSPS) is 10.7. The van der Waals surface area contributed by atoms with Crippen LogP contribution in [0.25, 0.3) is 0 Å². The first-order chi connectivity index (χ1) is 15.0. The molecule has 2 aromatic carbocycles. The number of methoxy groups -OCH3 is 1. The third-order valence-corrected chi connectivity index (χ3v) is 4.34. The van der Waals surface area contributed by atoms with Gasteiger partial charge in [0.25, 0.3) is 11.6 Å². The standard InChI is InChI=1S/C22H28N4O5/c1-4-11-25(12-5-2)22(27)16-31-20-10-9-17(13-21(20)30-3)15-23-24-18-7-6-8-19(14-18)26(28)29/h6-10,13-15,24H,4-5,11-12,16H2,1-3H3. The average molecular weight is 428 g/mol. The van der Waals surface area contributed by atoms with E-state index < -0.39 is 4.92 Å². The Morgan fingerprint density at radius 2 is 1.90 bits per heavy atom. The number of nitrogens with one attached hydrogen (secondary N) is 1. The highest BCUT2D eigenvalue weighted by molar-refractivity contribution is 5.82. The van der Waals surface area contributed by atoms with Gasteiger partial charge in [-0.3, -0.25) is 20.3 Å². The van der Waals surface area contributed by atoms with Gasteiger partial charge >= 0.3 is 0 Å². The molecule has 0 bridgehead atoms. The van der Waals surface area contributed by atoms with Gasteiger partial charge < -0.3 is 14.4 Å². The molecule has 1 N–H and O–H groups in total. The van der Waals surface area contributed by atoms with Gasteiger partial charge in [0, 0.05) is 25.2 Å². The van der Waals surface area contributed by atoms with Gasteiger partial charge in [0.15, 0.2) is 18.1 Å². The molecule has 0 aliphatic rings. The first-order valence-electron chi connectivity index (χ1n) is 10.1. The van der Waals surface area contributed by atoms with Crippen molar-refractivity contribution >= 4 is 23.5 Å². The molecule has 9 nitrogen and oxygen atoms in total. The molecule has 31 heavy (non-hydrogen) atoms. The monoisotopic (exact) mass is 428 g/mol. The van der Waals surface area contributed by atoms with Crippen LogP contribution in [-0.2, 0) is 4.79 Å². The summed E-state index contributed by atoms with van der Waals surface area (Å²) in [6, 6.07) is 11.3. The number of hydrogen-bond acceptors (Lipinski definition) is 7. The third kappa shape index (κ3) is 7.29. The number of benzene rings is 2. The summed E-state index contributed by atoms with van der Waals surface area (Å²) in [5.41, 5.74) is 3.97. The number of hydrazone groups is 1. The van der Waals surface area contributed by atoms with Crippen molar-refractivity contribution in [2.24, 2.45) is 5.10 Å². The maximum atomic E-state index is 12.4. The lowest BCUT2D eigenvalue weighted by Gasteiger charge is -2.21. The number of carbonyl (C=O) groups is 1. The molecule has 9 heteroatoms. The largest absolute Gasteiger partial charge is 0.493 e. The molecule has 0 aliphatic carbocycles. The second-order valence-electron chi connectivity index (χ2n) is 6.76. The second kappa shape index (κ2) is 12.2. The Bertz CT molecular complexity index is 911. The molecule has 0 saturated carbocycles. The molecule has 1 amide bonds. The Kier molecular flexibility index (Phi) is 9.28. The van der Waals surface area contributed by atoms with Crippen LogP contribution in [0.3, 0.4) is 0 Å². The minimum atomic E-state index is -0.465. The third-order valence-electron chi connectivity index (χ3n) is 4.34. The first kappa shape index (κ1) is 23.7. The van der Waals surface area contributed by atoms with Crippen molar-refractivity contribution in [3.63, 3.8) is 0 Å². The molecule has 2 rings (SSSR count). The predicted octanol–water partition coefficient (Wildman–Crippen LogP) is 4.08. The lowest BCUT2D eigenvalue weighted by molar-refractivity contribution is -0.384. The van der Waals surface area contributed by atoms with Gasteiger partial charge in [0.2, 0.25) is 0 Å². The molecule has 0 fully saturated rings. The molecule has 166 valence electrons. The van der Waals surface area contributed by atoms with Crippen molar-refractivity contribution in [1.82, 2.24) is 4.90 Å². The van der Waals surface area contributed by atoms with E-state index in [0.717, 1.165) is 18.4 Å². The molecule has 0 radical (unpaired) electrons. The average Bonchev–Trinajstić information content (AvgIpc) is 2.77. The number of anilines is 1. The fourth-order valence-corrected chi connectivity index (χ4v) is 2.89. The van der Waals surface area contributed by atoms with Crippen molar-refractivity contribution < 1.29 is 19.2 Å². The number of amides is 1. The lowest BCUT2D eigenvalue weighted by atomic mass is 10.2. The topological polar surface area (TPSA) is 106 Å². The first-order valence-corrected chi connectivity index (χ1v) is 10.1. The number of carbonyl (C=O) groups excluding carboxylic acids is 1. The summed E-state index contributed by atoms with van der Waals surface area (Å²) in [6.45, 7) is 5.43. The van der Waals surface area contributed by atoms with Gasteiger partial charge in [-0.2, -0.15) is 5.10 Å². The van der Waals surface area contributed by atoms with Crippen molar-refractivity contribution in [2.75, 3.05) is 32.2 Å². The van der Waals surface area contributed by atoms with E-state index in [4.69, 9.17) is 9.47 Å². The van der Waals surface area contributed by atoms with E-state index in [0.29, 0.717) is 30.3 Å². The lowest BCUT2D eigenvalue weighted by Crippen LogP contribution is -2.36. The number of ether oxygens (including phenoxy) is 2. The maximum absolute atomic E-state index is 12.4. The Hall–Kier alpha value is -3.62. The van der Waals surface area contributed by atoms with Crippen LogP contribution in [0, 0.1) is 10.1 Å². The van der Waals surface area contributed by atoms with Crippen LogP contribution in [0.15, 0.2) is 47.6 Å². The van der Waals surface area contributed by atoms with Crippen LogP contribution in [-0.4, -0.2) is 48.8 Å². The number of non-ortho nitro benzene ring substituents is 1. The molecule has 0 atom stereocenters. The van der Waals surface area contributed by atoms with Crippen molar-refractivity contribution in [2.45, 2.75) is 26.7 Å². The number of hydrogen-bond donors (Lipinski definition) is 1. The van der Waals surface area contributed by atoms with Crippen molar-refractivity contribution in [3.05, 3.63) is 58.1 Å². The van der Waals surface area contributed by atoms with Crippen LogP contribution in [0.2, 0.25) is 0 Å². The van der Waals surface area contributed by atoms with Gasteiger partial charge in [-0.05, 0) is 42.7 Å². The summed E-state index contributed by atoms with van der Waals surface area (Å²) in [6.07, 6.45) is 3.35. The molecule has 0 heterocycles. The van der Waals surface area contributed by atoms with E-state index in [1.807, 2.05) is 13.8 Å². The SMILES string of the molecule is CCCN(CCC)C(=O)COc1ccc(C=NNc2cccc([N+](=O)[O-])c2)cc1OC. The zero-order valence-corrected chi connectivity index (χ0v) is 18.0. The minimum absolute atomic E-state index is 0.0191. The Morgan fingerprint density at radius 3 is 2.55 bits per heavy atom. The fourth-order valence-electron chi connectivity index (χ4n) is 2.89. The molecule has 2 aromatic rings. The number of nitro benzene ring substituents is 1. The summed E-state index contributed by atoms with van der Waals surface area (Å²) in [4.78, 5) is 24.6. The van der Waals surface area contributed by atoms with E-state index in [2.05, 4.69) is 10.5 Å². The zero-order valence-electron chi connectivity index (χ0n) is 18.0. The molecular weight excluding hydrogens is 400 g/mol. The summed E-state index contributed by atoms with van der Waals surface area (Å²) < 4.78 is 11.1. The Labute approximate surface area is 181 Å². The predicted molar refractivity (Wildman–Crippen MR) is 120 cm³/mol. The highest BCUT2D eigenvalue weighted by Gasteiger charge is 2.14. The summed E-state index contributed by atoms with van der Waals surface area (Å²) in [7, 11) is 1.52. The van der Waals surface area contributed by atoms with E-state index >= 15 is 0 Å². The molecular formula is C22H28N4O5. The number of nitro groups is 1. The maximum Gasteiger partial charge on any atom is 0.271 e. The van der Waals surface area contributed by atoms with Crippen LogP contribution < -0.4 is 14.9 Å². The number of rotatable bonds is 12. The van der Waals surface area contributed by atoms with E-state index in [-0.39, 0.29) is 18.2 Å². The fraction of sp³-hybridized carbons (Fsp3) is 0.364. The van der Waals surface area contributed by atoms with Gasteiger partial charge in [-0.25, -0.2) is 0 Å². The highest BCUT2D eigenvalue weighted by atomic mass is 16.6. The van der Waals surface area contributed by atoms with Crippen LogP contribution >= 0.6 is 0 Å². The molecule has 0 saturated heterocycles. The van der Waals surface area contributed by atoms with Gasteiger partial charge in [0.05, 0.1) is 23.9 Å². The van der Waals surface area contributed by atoms with Crippen molar-refractivity contribution in [1.29, 1.82) is 0 Å². The van der Waals surface area contributed by atoms with E-state index in [1.54, 1.807) is 41.4 Å². The molecule has 0 aliphatic heterocycles. The van der Waals surface area contributed by atoms with E-state index in [9.17, 15) is 14.9 Å². The molecule has 0 unspecified atom stereocenters.